The van der Waals surface area contributed by atoms with Gasteiger partial charge in [-0.15, -0.1) is 0 Å². The molecule has 1 amide bonds. The zero-order valence-corrected chi connectivity index (χ0v) is 11.6. The minimum atomic E-state index is -0.0688. The van der Waals surface area contributed by atoms with Crippen LogP contribution in [0.3, 0.4) is 0 Å². The molecule has 0 saturated carbocycles. The molecule has 0 unspecified atom stereocenters. The van der Waals surface area contributed by atoms with Crippen LogP contribution in [0, 0.1) is 6.92 Å². The Morgan fingerprint density at radius 3 is 2.60 bits per heavy atom. The number of amides is 1. The lowest BCUT2D eigenvalue weighted by Gasteiger charge is -2.21. The van der Waals surface area contributed by atoms with Crippen LogP contribution in [-0.4, -0.2) is 17.4 Å². The lowest BCUT2D eigenvalue weighted by atomic mass is 10.1. The first-order valence-corrected chi connectivity index (χ1v) is 6.48. The monoisotopic (exact) mass is 270 g/mol. The van der Waals surface area contributed by atoms with Crippen molar-refractivity contribution < 1.29 is 4.79 Å². The number of rotatable bonds is 4. The molecule has 0 fully saturated rings. The highest BCUT2D eigenvalue weighted by molar-refractivity contribution is 6.06. The number of hydrogen-bond donors (Lipinski definition) is 2. The number of carbonyl (C=O) groups excluding carboxylic acids is 1. The molecule has 0 aliphatic carbocycles. The van der Waals surface area contributed by atoms with Gasteiger partial charge in [-0.2, -0.15) is 0 Å². The highest BCUT2D eigenvalue weighted by Crippen LogP contribution is 2.18. The number of pyridine rings is 1. The summed E-state index contributed by atoms with van der Waals surface area (Å²) in [5.41, 5.74) is 4.66. The van der Waals surface area contributed by atoms with Crippen molar-refractivity contribution in [1.82, 2.24) is 4.98 Å². The molecule has 0 aliphatic rings. The first kappa shape index (κ1) is 14.0. The number of anilines is 2. The summed E-state index contributed by atoms with van der Waals surface area (Å²) in [5, 5.41) is 0. The smallest absolute Gasteiger partial charge is 0.258 e. The Morgan fingerprint density at radius 2 is 2.00 bits per heavy atom. The molecule has 1 aromatic carbocycles. The molecular weight excluding hydrogens is 252 g/mol. The predicted octanol–water partition coefficient (Wildman–Crippen LogP) is 2.34. The van der Waals surface area contributed by atoms with Gasteiger partial charge in [0.15, 0.2) is 0 Å². The number of aryl methyl sites for hydroxylation is 1. The summed E-state index contributed by atoms with van der Waals surface area (Å²) in [7, 11) is 0. The van der Waals surface area contributed by atoms with Crippen molar-refractivity contribution in [3.8, 4) is 0 Å². The second-order valence-corrected chi connectivity index (χ2v) is 4.41. The number of hydrazine groups is 1. The van der Waals surface area contributed by atoms with Crippen molar-refractivity contribution in [2.24, 2.45) is 5.84 Å². The normalized spacial score (nSPS) is 10.2. The number of benzene rings is 1. The highest BCUT2D eigenvalue weighted by atomic mass is 16.2. The lowest BCUT2D eigenvalue weighted by molar-refractivity contribution is 0.0988. The van der Waals surface area contributed by atoms with E-state index >= 15 is 0 Å². The Kier molecular flexibility index (Phi) is 4.32. The third-order valence-corrected chi connectivity index (χ3v) is 2.98. The van der Waals surface area contributed by atoms with Crippen molar-refractivity contribution in [2.45, 2.75) is 13.8 Å². The minimum absolute atomic E-state index is 0.0688. The topological polar surface area (TPSA) is 71.2 Å². The third kappa shape index (κ3) is 2.95. The van der Waals surface area contributed by atoms with E-state index in [1.807, 2.05) is 44.2 Å². The molecule has 104 valence electrons. The van der Waals surface area contributed by atoms with Crippen LogP contribution in [0.2, 0.25) is 0 Å². The first-order chi connectivity index (χ1) is 9.65. The lowest BCUT2D eigenvalue weighted by Crippen LogP contribution is -2.30. The summed E-state index contributed by atoms with van der Waals surface area (Å²) >= 11 is 0. The molecule has 1 heterocycles. The number of nitrogens with two attached hydrogens (primary N) is 1. The van der Waals surface area contributed by atoms with Crippen LogP contribution in [-0.2, 0) is 0 Å². The molecule has 0 aliphatic heterocycles. The van der Waals surface area contributed by atoms with Crippen LogP contribution in [0.25, 0.3) is 0 Å². The highest BCUT2D eigenvalue weighted by Gasteiger charge is 2.17. The first-order valence-electron chi connectivity index (χ1n) is 6.48. The zero-order valence-electron chi connectivity index (χ0n) is 11.6. The Labute approximate surface area is 118 Å². The quantitative estimate of drug-likeness (QED) is 0.661. The van der Waals surface area contributed by atoms with E-state index in [0.29, 0.717) is 17.9 Å². The summed E-state index contributed by atoms with van der Waals surface area (Å²) in [6, 6.07) is 13.0. The Balaban J connectivity index is 2.36. The molecule has 0 saturated heterocycles. The standard InChI is InChI=1S/C15H18N4O/c1-3-19(13-7-5-4-6-8-13)15(20)12-9-11(2)17-14(10-12)18-16/h4-10H,3,16H2,1-2H3,(H,17,18). The van der Waals surface area contributed by atoms with Gasteiger partial charge in [0.2, 0.25) is 0 Å². The molecule has 20 heavy (non-hydrogen) atoms. The molecule has 5 heteroatoms. The number of nitrogens with one attached hydrogen (secondary N) is 1. The molecule has 3 N–H and O–H groups in total. The van der Waals surface area contributed by atoms with Gasteiger partial charge in [0.1, 0.15) is 5.82 Å². The molecule has 2 rings (SSSR count). The van der Waals surface area contributed by atoms with Crippen LogP contribution in [0.5, 0.6) is 0 Å². The van der Waals surface area contributed by atoms with Gasteiger partial charge in [-0.25, -0.2) is 10.8 Å². The molecule has 5 nitrogen and oxygen atoms in total. The van der Waals surface area contributed by atoms with Crippen molar-refractivity contribution in [3.63, 3.8) is 0 Å². The van der Waals surface area contributed by atoms with Crippen molar-refractivity contribution in [1.29, 1.82) is 0 Å². The Morgan fingerprint density at radius 1 is 1.30 bits per heavy atom. The Hall–Kier alpha value is -2.40. The number of hydrogen-bond acceptors (Lipinski definition) is 4. The second kappa shape index (κ2) is 6.16. The predicted molar refractivity (Wildman–Crippen MR) is 80.6 cm³/mol. The van der Waals surface area contributed by atoms with Crippen LogP contribution < -0.4 is 16.2 Å². The second-order valence-electron chi connectivity index (χ2n) is 4.41. The van der Waals surface area contributed by atoms with Crippen LogP contribution >= 0.6 is 0 Å². The SMILES string of the molecule is CCN(C(=O)c1cc(C)nc(NN)c1)c1ccccc1. The maximum atomic E-state index is 12.6. The largest absolute Gasteiger partial charge is 0.309 e. The van der Waals surface area contributed by atoms with E-state index in [9.17, 15) is 4.79 Å². The number of nitrogens with zero attached hydrogens (tertiary/aromatic N) is 2. The van der Waals surface area contributed by atoms with Gasteiger partial charge in [0.05, 0.1) is 0 Å². The van der Waals surface area contributed by atoms with Gasteiger partial charge in [-0.05, 0) is 38.1 Å². The third-order valence-electron chi connectivity index (χ3n) is 2.98. The molecule has 0 atom stereocenters. The summed E-state index contributed by atoms with van der Waals surface area (Å²) < 4.78 is 0. The van der Waals surface area contributed by atoms with E-state index < -0.39 is 0 Å². The summed E-state index contributed by atoms with van der Waals surface area (Å²) in [6.45, 7) is 4.37. The van der Waals surface area contributed by atoms with Gasteiger partial charge < -0.3 is 10.3 Å². The van der Waals surface area contributed by atoms with Crippen molar-refractivity contribution in [3.05, 3.63) is 53.7 Å². The van der Waals surface area contributed by atoms with E-state index in [0.717, 1.165) is 11.4 Å². The average Bonchev–Trinajstić information content (AvgIpc) is 2.48. The van der Waals surface area contributed by atoms with E-state index in [2.05, 4.69) is 10.4 Å². The number of para-hydroxylation sites is 1. The fourth-order valence-electron chi connectivity index (χ4n) is 2.07. The molecule has 0 radical (unpaired) electrons. The minimum Gasteiger partial charge on any atom is -0.309 e. The fraction of sp³-hybridized carbons (Fsp3) is 0.200. The van der Waals surface area contributed by atoms with E-state index in [1.54, 1.807) is 17.0 Å². The zero-order chi connectivity index (χ0) is 14.5. The molecule has 2 aromatic rings. The number of aromatic nitrogens is 1. The average molecular weight is 270 g/mol. The maximum absolute atomic E-state index is 12.6. The number of nitrogen functional groups attached to an aromatic ring is 1. The molecule has 1 aromatic heterocycles. The summed E-state index contributed by atoms with van der Waals surface area (Å²) in [6.07, 6.45) is 0. The van der Waals surface area contributed by atoms with E-state index in [1.165, 1.54) is 0 Å². The van der Waals surface area contributed by atoms with Crippen molar-refractivity contribution in [2.75, 3.05) is 16.9 Å². The van der Waals surface area contributed by atoms with Crippen molar-refractivity contribution >= 4 is 17.4 Å². The maximum Gasteiger partial charge on any atom is 0.258 e. The van der Waals surface area contributed by atoms with Gasteiger partial charge in [0.25, 0.3) is 5.91 Å². The summed E-state index contributed by atoms with van der Waals surface area (Å²) in [4.78, 5) is 18.5. The van der Waals surface area contributed by atoms with E-state index in [4.69, 9.17) is 5.84 Å². The Bertz CT molecular complexity index is 598. The van der Waals surface area contributed by atoms with Gasteiger partial charge >= 0.3 is 0 Å². The number of carbonyl (C=O) groups is 1. The van der Waals surface area contributed by atoms with Crippen LogP contribution in [0.1, 0.15) is 23.0 Å². The van der Waals surface area contributed by atoms with Crippen LogP contribution in [0.15, 0.2) is 42.5 Å². The van der Waals surface area contributed by atoms with Gasteiger partial charge in [-0.3, -0.25) is 4.79 Å². The van der Waals surface area contributed by atoms with E-state index in [-0.39, 0.29) is 5.91 Å². The van der Waals surface area contributed by atoms with Crippen LogP contribution in [0.4, 0.5) is 11.5 Å². The van der Waals surface area contributed by atoms with Gasteiger partial charge in [-0.1, -0.05) is 18.2 Å². The molecule has 0 spiro atoms. The molecule has 0 bridgehead atoms. The fourth-order valence-corrected chi connectivity index (χ4v) is 2.07. The summed E-state index contributed by atoms with van der Waals surface area (Å²) in [5.74, 6) is 5.79. The van der Waals surface area contributed by atoms with Gasteiger partial charge in [0, 0.05) is 23.5 Å². The molecular formula is C15H18N4O.